The third-order valence-electron chi connectivity index (χ3n) is 3.27. The molecule has 18 heavy (non-hydrogen) atoms. The van der Waals surface area contributed by atoms with Crippen molar-refractivity contribution in [2.75, 3.05) is 24.5 Å². The quantitative estimate of drug-likeness (QED) is 0.830. The predicted molar refractivity (Wildman–Crippen MR) is 71.3 cm³/mol. The second kappa shape index (κ2) is 5.82. The molecule has 2 rings (SSSR count). The molecule has 0 spiro atoms. The van der Waals surface area contributed by atoms with Crippen LogP contribution in [0.1, 0.15) is 31.5 Å². The fourth-order valence-electron chi connectivity index (χ4n) is 2.04. The van der Waals surface area contributed by atoms with Gasteiger partial charge in [-0.25, -0.2) is 0 Å². The molecule has 0 radical (unpaired) electrons. The Hall–Kier alpha value is -1.62. The number of pyridine rings is 1. The zero-order chi connectivity index (χ0) is 13.0. The molecule has 1 atom stereocenters. The Labute approximate surface area is 107 Å². The number of nitrogens with one attached hydrogen (secondary N) is 1. The maximum Gasteiger partial charge on any atom is 0.221 e. The first kappa shape index (κ1) is 12.8. The molecule has 98 valence electrons. The Kier molecular flexibility index (Phi) is 4.15. The number of rotatable bonds is 3. The van der Waals surface area contributed by atoms with Gasteiger partial charge in [0, 0.05) is 32.1 Å². The van der Waals surface area contributed by atoms with E-state index in [0.717, 1.165) is 30.9 Å². The van der Waals surface area contributed by atoms with Crippen LogP contribution in [0.5, 0.6) is 0 Å². The minimum atomic E-state index is 0.00595. The first-order valence-corrected chi connectivity index (χ1v) is 6.44. The van der Waals surface area contributed by atoms with Crippen molar-refractivity contribution in [3.63, 3.8) is 0 Å². The van der Waals surface area contributed by atoms with Crippen LogP contribution in [0.15, 0.2) is 18.3 Å². The molecule has 0 saturated carbocycles. The summed E-state index contributed by atoms with van der Waals surface area (Å²) in [5, 5.41) is 2.86. The maximum atomic E-state index is 11.3. The van der Waals surface area contributed by atoms with Gasteiger partial charge in [0.15, 0.2) is 0 Å². The maximum absolute atomic E-state index is 11.3. The van der Waals surface area contributed by atoms with E-state index in [-0.39, 0.29) is 11.9 Å². The summed E-state index contributed by atoms with van der Waals surface area (Å²) >= 11 is 0. The Morgan fingerprint density at radius 2 is 2.33 bits per heavy atom. The highest BCUT2D eigenvalue weighted by Gasteiger charge is 2.14. The van der Waals surface area contributed by atoms with Crippen LogP contribution in [0.25, 0.3) is 0 Å². The summed E-state index contributed by atoms with van der Waals surface area (Å²) in [6.45, 7) is 4.31. The van der Waals surface area contributed by atoms with E-state index in [4.69, 9.17) is 5.73 Å². The lowest BCUT2D eigenvalue weighted by Crippen LogP contribution is -2.28. The Balaban J connectivity index is 2.06. The number of amides is 1. The summed E-state index contributed by atoms with van der Waals surface area (Å²) in [6.07, 6.45) is 3.27. The van der Waals surface area contributed by atoms with Gasteiger partial charge in [0.1, 0.15) is 0 Å². The number of hydrogen-bond donors (Lipinski definition) is 2. The number of nitrogens with zero attached hydrogens (tertiary/aromatic N) is 2. The van der Waals surface area contributed by atoms with E-state index in [0.29, 0.717) is 13.0 Å². The Bertz CT molecular complexity index is 404. The highest BCUT2D eigenvalue weighted by Crippen LogP contribution is 2.17. The first-order chi connectivity index (χ1) is 8.70. The summed E-state index contributed by atoms with van der Waals surface area (Å²) in [5.74, 6) is 0.120. The number of carbonyl (C=O) groups excluding carboxylic acids is 1. The molecule has 1 amide bonds. The van der Waals surface area contributed by atoms with E-state index in [1.165, 1.54) is 0 Å². The summed E-state index contributed by atoms with van der Waals surface area (Å²) in [4.78, 5) is 17.8. The van der Waals surface area contributed by atoms with Gasteiger partial charge < -0.3 is 16.0 Å². The van der Waals surface area contributed by atoms with Crippen molar-refractivity contribution in [1.29, 1.82) is 0 Å². The third-order valence-corrected chi connectivity index (χ3v) is 3.27. The van der Waals surface area contributed by atoms with Crippen LogP contribution < -0.4 is 16.0 Å². The molecule has 1 aromatic heterocycles. The summed E-state index contributed by atoms with van der Waals surface area (Å²) in [5.41, 5.74) is 7.91. The van der Waals surface area contributed by atoms with Crippen LogP contribution in [0.4, 0.5) is 5.69 Å². The standard InChI is InChI=1S/C13H20N4O/c1-2-11(14)12-4-3-10(9-16-12)17-7-5-13(18)15-6-8-17/h3-4,9,11H,2,5-8,14H2,1H3,(H,15,18). The van der Waals surface area contributed by atoms with Gasteiger partial charge >= 0.3 is 0 Å². The molecule has 0 aromatic carbocycles. The fourth-order valence-corrected chi connectivity index (χ4v) is 2.04. The zero-order valence-electron chi connectivity index (χ0n) is 10.7. The van der Waals surface area contributed by atoms with Gasteiger partial charge in [0.2, 0.25) is 5.91 Å². The molecule has 1 unspecified atom stereocenters. The van der Waals surface area contributed by atoms with E-state index >= 15 is 0 Å². The van der Waals surface area contributed by atoms with E-state index in [2.05, 4.69) is 15.2 Å². The van der Waals surface area contributed by atoms with Crippen molar-refractivity contribution in [2.45, 2.75) is 25.8 Å². The number of aromatic nitrogens is 1. The minimum absolute atomic E-state index is 0.00595. The van der Waals surface area contributed by atoms with E-state index in [9.17, 15) is 4.79 Å². The summed E-state index contributed by atoms with van der Waals surface area (Å²) < 4.78 is 0. The van der Waals surface area contributed by atoms with Gasteiger partial charge in [-0.2, -0.15) is 0 Å². The molecule has 0 bridgehead atoms. The molecular formula is C13H20N4O. The highest BCUT2D eigenvalue weighted by atomic mass is 16.1. The van der Waals surface area contributed by atoms with E-state index in [1.807, 2.05) is 25.3 Å². The molecule has 1 aromatic rings. The lowest BCUT2D eigenvalue weighted by Gasteiger charge is -2.21. The average molecular weight is 248 g/mol. The number of hydrogen-bond acceptors (Lipinski definition) is 4. The van der Waals surface area contributed by atoms with E-state index < -0.39 is 0 Å². The topological polar surface area (TPSA) is 71.2 Å². The molecular weight excluding hydrogens is 228 g/mol. The normalized spacial score (nSPS) is 18.1. The smallest absolute Gasteiger partial charge is 0.221 e. The van der Waals surface area contributed by atoms with Crippen LogP contribution in [0.2, 0.25) is 0 Å². The van der Waals surface area contributed by atoms with Gasteiger partial charge in [-0.15, -0.1) is 0 Å². The average Bonchev–Trinajstić information content (AvgIpc) is 2.63. The second-order valence-corrected chi connectivity index (χ2v) is 4.54. The molecule has 1 saturated heterocycles. The molecule has 0 aliphatic carbocycles. The Morgan fingerprint density at radius 1 is 1.50 bits per heavy atom. The van der Waals surface area contributed by atoms with Crippen molar-refractivity contribution >= 4 is 11.6 Å². The van der Waals surface area contributed by atoms with Gasteiger partial charge in [0.05, 0.1) is 17.6 Å². The lowest BCUT2D eigenvalue weighted by molar-refractivity contribution is -0.120. The minimum Gasteiger partial charge on any atom is -0.368 e. The summed E-state index contributed by atoms with van der Waals surface area (Å²) in [7, 11) is 0. The molecule has 2 heterocycles. The third kappa shape index (κ3) is 2.98. The molecule has 5 heteroatoms. The number of carbonyl (C=O) groups is 1. The SMILES string of the molecule is CCC(N)c1ccc(N2CCNC(=O)CC2)cn1. The number of nitrogens with two attached hydrogens (primary N) is 1. The van der Waals surface area contributed by atoms with E-state index in [1.54, 1.807) is 0 Å². The van der Waals surface area contributed by atoms with Crippen molar-refractivity contribution in [1.82, 2.24) is 10.3 Å². The lowest BCUT2D eigenvalue weighted by atomic mass is 10.1. The van der Waals surface area contributed by atoms with Gasteiger partial charge in [0.25, 0.3) is 0 Å². The van der Waals surface area contributed by atoms with Crippen molar-refractivity contribution in [2.24, 2.45) is 5.73 Å². The number of anilines is 1. The van der Waals surface area contributed by atoms with Crippen LogP contribution in [0.3, 0.4) is 0 Å². The van der Waals surface area contributed by atoms with Crippen LogP contribution in [-0.2, 0) is 4.79 Å². The highest BCUT2D eigenvalue weighted by molar-refractivity contribution is 5.77. The largest absolute Gasteiger partial charge is 0.368 e. The molecule has 5 nitrogen and oxygen atoms in total. The second-order valence-electron chi connectivity index (χ2n) is 4.54. The molecule has 1 aliphatic rings. The van der Waals surface area contributed by atoms with Gasteiger partial charge in [-0.3, -0.25) is 9.78 Å². The van der Waals surface area contributed by atoms with Crippen molar-refractivity contribution in [3.8, 4) is 0 Å². The van der Waals surface area contributed by atoms with Gasteiger partial charge in [-0.05, 0) is 18.6 Å². The van der Waals surface area contributed by atoms with Crippen LogP contribution in [0, 0.1) is 0 Å². The molecule has 1 aliphatic heterocycles. The molecule has 1 fully saturated rings. The van der Waals surface area contributed by atoms with Crippen LogP contribution >= 0.6 is 0 Å². The Morgan fingerprint density at radius 3 is 3.00 bits per heavy atom. The van der Waals surface area contributed by atoms with Crippen molar-refractivity contribution < 1.29 is 4.79 Å². The molecule has 3 N–H and O–H groups in total. The van der Waals surface area contributed by atoms with Crippen LogP contribution in [-0.4, -0.2) is 30.5 Å². The monoisotopic (exact) mass is 248 g/mol. The van der Waals surface area contributed by atoms with Crippen molar-refractivity contribution in [3.05, 3.63) is 24.0 Å². The zero-order valence-corrected chi connectivity index (χ0v) is 10.7. The first-order valence-electron chi connectivity index (χ1n) is 6.44. The van der Waals surface area contributed by atoms with Gasteiger partial charge in [-0.1, -0.05) is 6.92 Å². The summed E-state index contributed by atoms with van der Waals surface area (Å²) in [6, 6.07) is 4.02. The predicted octanol–water partition coefficient (Wildman–Crippen LogP) is 0.818. The fraction of sp³-hybridized carbons (Fsp3) is 0.538.